The van der Waals surface area contributed by atoms with Crippen LogP contribution in [0.1, 0.15) is 37.1 Å². The molecular formula is C24H28F3N5O2S2. The highest BCUT2D eigenvalue weighted by Gasteiger charge is 2.31. The van der Waals surface area contributed by atoms with E-state index in [1.165, 1.54) is 18.6 Å². The summed E-state index contributed by atoms with van der Waals surface area (Å²) < 4.78 is 41.3. The maximum absolute atomic E-state index is 12.8. The first-order valence-electron chi connectivity index (χ1n) is 11.2. The van der Waals surface area contributed by atoms with Crippen LogP contribution in [-0.4, -0.2) is 40.8 Å². The molecule has 36 heavy (non-hydrogen) atoms. The van der Waals surface area contributed by atoms with E-state index in [9.17, 15) is 18.0 Å². The number of pyridine rings is 1. The summed E-state index contributed by atoms with van der Waals surface area (Å²) in [7, 11) is 2.08. The Bertz CT molecular complexity index is 1190. The Kier molecular flexibility index (Phi) is 9.20. The minimum absolute atomic E-state index is 0.0189. The Balaban J connectivity index is 1.84. The molecule has 1 aliphatic heterocycles. The normalized spacial score (nSPS) is 15.6. The van der Waals surface area contributed by atoms with Crippen molar-refractivity contribution in [2.24, 2.45) is 10.9 Å². The Labute approximate surface area is 216 Å². The average molecular weight is 540 g/mol. The van der Waals surface area contributed by atoms with Crippen LogP contribution in [0, 0.1) is 6.92 Å². The minimum atomic E-state index is -4.78. The predicted octanol–water partition coefficient (Wildman–Crippen LogP) is 5.32. The van der Waals surface area contributed by atoms with Crippen LogP contribution in [0.15, 0.2) is 51.2 Å². The van der Waals surface area contributed by atoms with Crippen molar-refractivity contribution in [1.29, 1.82) is 0 Å². The number of rotatable bonds is 6. The number of amides is 1. The lowest BCUT2D eigenvalue weighted by Crippen LogP contribution is -2.30. The first-order chi connectivity index (χ1) is 17.0. The molecule has 3 heterocycles. The number of hydrogen-bond donors (Lipinski definition) is 2. The second-order valence-corrected chi connectivity index (χ2v) is 10.1. The molecule has 0 saturated heterocycles. The molecular weight excluding hydrogens is 511 g/mol. The fourth-order valence-electron chi connectivity index (χ4n) is 3.72. The monoisotopic (exact) mass is 539 g/mol. The molecule has 0 bridgehead atoms. The number of ether oxygens (including phenoxy) is 1. The third kappa shape index (κ3) is 7.11. The maximum atomic E-state index is 12.8. The molecule has 0 unspecified atom stereocenters. The first-order valence-corrected chi connectivity index (χ1v) is 12.9. The fraction of sp³-hybridized carbons (Fsp3) is 0.375. The molecule has 0 atom stereocenters. The van der Waals surface area contributed by atoms with Crippen LogP contribution in [0.3, 0.4) is 0 Å². The number of halogens is 3. The topological polar surface area (TPSA) is 92.8 Å². The highest BCUT2D eigenvalue weighted by molar-refractivity contribution is 8.15. The second-order valence-electron chi connectivity index (χ2n) is 8.18. The van der Waals surface area contributed by atoms with Crippen LogP contribution < -0.4 is 11.2 Å². The number of carbonyl (C=O) groups excluding carboxylic acids is 1. The number of hydrazone groups is 1. The van der Waals surface area contributed by atoms with Crippen LogP contribution in [0.5, 0.6) is 0 Å². The van der Waals surface area contributed by atoms with Crippen molar-refractivity contribution in [2.45, 2.75) is 51.5 Å². The zero-order valence-corrected chi connectivity index (χ0v) is 22.0. The van der Waals surface area contributed by atoms with E-state index in [4.69, 9.17) is 10.8 Å². The lowest BCUT2D eigenvalue weighted by atomic mass is 9.96. The molecule has 0 fully saturated rings. The first kappa shape index (κ1) is 27.8. The number of thiophene rings is 1. The maximum Gasteiger partial charge on any atom is 0.572 e. The van der Waals surface area contributed by atoms with E-state index < -0.39 is 12.3 Å². The summed E-state index contributed by atoms with van der Waals surface area (Å²) in [5, 5.41) is 8.90. The van der Waals surface area contributed by atoms with Crippen LogP contribution in [0.2, 0.25) is 0 Å². The highest BCUT2D eigenvalue weighted by atomic mass is 32.2. The molecule has 2 aromatic heterocycles. The van der Waals surface area contributed by atoms with Crippen LogP contribution >= 0.6 is 23.1 Å². The van der Waals surface area contributed by atoms with Gasteiger partial charge in [0.05, 0.1) is 0 Å². The lowest BCUT2D eigenvalue weighted by molar-refractivity contribution is -0.306. The lowest BCUT2D eigenvalue weighted by Gasteiger charge is -2.28. The van der Waals surface area contributed by atoms with E-state index in [1.54, 1.807) is 18.3 Å². The van der Waals surface area contributed by atoms with Gasteiger partial charge in [-0.05, 0) is 67.4 Å². The number of likely N-dealkylation sites (N-methyl/N-ethyl adjacent to an activating group) is 1. The van der Waals surface area contributed by atoms with Crippen LogP contribution in [-0.2, 0) is 22.5 Å². The third-order valence-corrected chi connectivity index (χ3v) is 7.40. The molecule has 194 valence electrons. The quantitative estimate of drug-likeness (QED) is 0.0982. The molecule has 1 aliphatic rings. The van der Waals surface area contributed by atoms with Gasteiger partial charge < -0.3 is 20.8 Å². The summed E-state index contributed by atoms with van der Waals surface area (Å²) in [6.07, 6.45) is -1.47. The number of allylic oxidation sites excluding steroid dienone is 4. The standard InChI is InChI=1S/C24H28F3N5O2S2/c1-5-16(34-24(25,26)27)9-8-14(2)29-21(33)23(31-28)36-22-15(3)20(19-7-6-12-35-19)17-13-32(4)11-10-18(17)30-22/h6-9,12H,5,10-11,13,28H2,1-4H3,(H,29,33)/b14-8+,16-9+,31-23+. The molecule has 3 rings (SSSR count). The Morgan fingerprint density at radius 2 is 2.17 bits per heavy atom. The minimum Gasteiger partial charge on any atom is -0.410 e. The molecule has 1 amide bonds. The number of nitrogens with zero attached hydrogens (tertiary/aromatic N) is 3. The number of thioether (sulfide) groups is 1. The molecule has 0 saturated carbocycles. The van der Waals surface area contributed by atoms with Crippen molar-refractivity contribution in [3.8, 4) is 10.4 Å². The van der Waals surface area contributed by atoms with E-state index in [0.717, 1.165) is 59.0 Å². The molecule has 0 aromatic carbocycles. The van der Waals surface area contributed by atoms with Crippen molar-refractivity contribution in [3.63, 3.8) is 0 Å². The van der Waals surface area contributed by atoms with Gasteiger partial charge in [0, 0.05) is 47.8 Å². The fourth-order valence-corrected chi connectivity index (χ4v) is 5.36. The SMILES string of the molecule is CC/C(=C\C=C(/C)NC(=O)/C(=N\N)Sc1nc2c(c(-c3cccs3)c1C)CN(C)CC2)OC(F)(F)F. The smallest absolute Gasteiger partial charge is 0.410 e. The van der Waals surface area contributed by atoms with E-state index in [-0.39, 0.29) is 17.2 Å². The number of alkyl halides is 3. The number of nitrogens with one attached hydrogen (secondary N) is 1. The number of fused-ring (bicyclic) bond motifs is 1. The van der Waals surface area contributed by atoms with Gasteiger partial charge in [0.2, 0.25) is 0 Å². The summed E-state index contributed by atoms with van der Waals surface area (Å²) in [5.41, 5.74) is 4.51. The molecule has 3 N–H and O–H groups in total. The van der Waals surface area contributed by atoms with Crippen molar-refractivity contribution in [1.82, 2.24) is 15.2 Å². The van der Waals surface area contributed by atoms with Gasteiger partial charge in [-0.2, -0.15) is 5.10 Å². The Hall–Kier alpha value is -2.83. The highest BCUT2D eigenvalue weighted by Crippen LogP contribution is 2.39. The number of aromatic nitrogens is 1. The molecule has 7 nitrogen and oxygen atoms in total. The van der Waals surface area contributed by atoms with Gasteiger partial charge in [0.25, 0.3) is 5.91 Å². The molecule has 0 aliphatic carbocycles. The van der Waals surface area contributed by atoms with Crippen molar-refractivity contribution >= 4 is 34.0 Å². The van der Waals surface area contributed by atoms with Gasteiger partial charge in [-0.3, -0.25) is 4.79 Å². The van der Waals surface area contributed by atoms with Crippen molar-refractivity contribution in [2.75, 3.05) is 13.6 Å². The van der Waals surface area contributed by atoms with E-state index in [2.05, 4.69) is 33.2 Å². The molecule has 2 aromatic rings. The number of nitrogens with two attached hydrogens (primary N) is 1. The van der Waals surface area contributed by atoms with Crippen LogP contribution in [0.4, 0.5) is 13.2 Å². The Morgan fingerprint density at radius 1 is 1.42 bits per heavy atom. The Morgan fingerprint density at radius 3 is 2.78 bits per heavy atom. The van der Waals surface area contributed by atoms with E-state index in [0.29, 0.717) is 10.7 Å². The third-order valence-electron chi connectivity index (χ3n) is 5.44. The van der Waals surface area contributed by atoms with E-state index >= 15 is 0 Å². The predicted molar refractivity (Wildman–Crippen MR) is 137 cm³/mol. The zero-order valence-electron chi connectivity index (χ0n) is 20.4. The summed E-state index contributed by atoms with van der Waals surface area (Å²) in [4.78, 5) is 21.1. The molecule has 0 radical (unpaired) electrons. The van der Waals surface area contributed by atoms with Gasteiger partial charge in [0.15, 0.2) is 5.04 Å². The van der Waals surface area contributed by atoms with Gasteiger partial charge in [-0.1, -0.05) is 13.0 Å². The zero-order chi connectivity index (χ0) is 26.5. The summed E-state index contributed by atoms with van der Waals surface area (Å²) in [5.74, 6) is 4.68. The van der Waals surface area contributed by atoms with Gasteiger partial charge in [-0.25, -0.2) is 4.98 Å². The largest absolute Gasteiger partial charge is 0.572 e. The summed E-state index contributed by atoms with van der Waals surface area (Å²) in [6, 6.07) is 4.06. The van der Waals surface area contributed by atoms with Gasteiger partial charge >= 0.3 is 6.36 Å². The van der Waals surface area contributed by atoms with E-state index in [1.807, 2.05) is 18.4 Å². The van der Waals surface area contributed by atoms with Crippen molar-refractivity contribution in [3.05, 3.63) is 57.9 Å². The average Bonchev–Trinajstić information content (AvgIpc) is 3.34. The molecule has 0 spiro atoms. The summed E-state index contributed by atoms with van der Waals surface area (Å²) in [6.45, 7) is 6.71. The van der Waals surface area contributed by atoms with Gasteiger partial charge in [-0.15, -0.1) is 24.5 Å². The van der Waals surface area contributed by atoms with Crippen molar-refractivity contribution < 1.29 is 22.7 Å². The number of carbonyl (C=O) groups is 1. The number of hydrogen-bond acceptors (Lipinski definition) is 8. The molecule has 12 heteroatoms. The second kappa shape index (κ2) is 11.9. The van der Waals surface area contributed by atoms with Crippen LogP contribution in [0.25, 0.3) is 10.4 Å². The summed E-state index contributed by atoms with van der Waals surface area (Å²) >= 11 is 2.71. The van der Waals surface area contributed by atoms with Gasteiger partial charge in [0.1, 0.15) is 10.8 Å².